The zero-order valence-corrected chi connectivity index (χ0v) is 12.7. The lowest BCUT2D eigenvalue weighted by Gasteiger charge is -2.23. The Balaban J connectivity index is 2.31. The van der Waals surface area contributed by atoms with Crippen molar-refractivity contribution >= 4 is 34.8 Å². The number of alkyl halides is 1. The molecule has 0 saturated carbocycles. The normalized spacial score (nSPS) is 10.3. The molecule has 0 heterocycles. The lowest BCUT2D eigenvalue weighted by molar-refractivity contribution is -0.116. The molecule has 0 fully saturated rings. The van der Waals surface area contributed by atoms with Gasteiger partial charge in [0.1, 0.15) is 5.88 Å². The Hall–Kier alpha value is -1.51. The second-order valence-corrected chi connectivity index (χ2v) is 5.22. The Morgan fingerprint density at radius 1 is 1.10 bits per heavy atom. The number of halogens is 2. The van der Waals surface area contributed by atoms with Crippen LogP contribution >= 0.6 is 23.2 Å². The number of nitrogens with zero attached hydrogens (tertiary/aromatic N) is 1. The summed E-state index contributed by atoms with van der Waals surface area (Å²) in [7, 11) is 0. The van der Waals surface area contributed by atoms with Gasteiger partial charge in [0.25, 0.3) is 0 Å². The monoisotopic (exact) mass is 307 g/mol. The Morgan fingerprint density at radius 3 is 2.35 bits per heavy atom. The molecule has 0 aliphatic rings. The molecule has 0 spiro atoms. The van der Waals surface area contributed by atoms with E-state index in [0.717, 1.165) is 5.56 Å². The first-order chi connectivity index (χ1) is 9.61. The van der Waals surface area contributed by atoms with Crippen molar-refractivity contribution in [3.8, 4) is 0 Å². The van der Waals surface area contributed by atoms with Crippen LogP contribution in [0, 0.1) is 6.92 Å². The Bertz CT molecular complexity index is 596. The zero-order chi connectivity index (χ0) is 14.5. The Labute approximate surface area is 128 Å². The summed E-state index contributed by atoms with van der Waals surface area (Å²) in [5.41, 5.74) is 2.90. The van der Waals surface area contributed by atoms with E-state index in [2.05, 4.69) is 0 Å². The van der Waals surface area contributed by atoms with Gasteiger partial charge in [-0.3, -0.25) is 4.79 Å². The standard InChI is InChI=1S/C16H15Cl2NO/c1-12-6-8-13(9-7-12)11-19(16(20)10-17)15-5-3-2-4-14(15)18/h2-9H,10-11H2,1H3. The second kappa shape index (κ2) is 6.78. The summed E-state index contributed by atoms with van der Waals surface area (Å²) in [6.07, 6.45) is 0. The third-order valence-electron chi connectivity index (χ3n) is 3.02. The molecule has 0 saturated heterocycles. The molecule has 2 nitrogen and oxygen atoms in total. The number of carbonyl (C=O) groups is 1. The highest BCUT2D eigenvalue weighted by atomic mass is 35.5. The van der Waals surface area contributed by atoms with Gasteiger partial charge < -0.3 is 4.90 Å². The van der Waals surface area contributed by atoms with Crippen LogP contribution in [0.4, 0.5) is 5.69 Å². The van der Waals surface area contributed by atoms with E-state index in [1.54, 1.807) is 11.0 Å². The molecule has 0 bridgehead atoms. The number of amides is 1. The van der Waals surface area contributed by atoms with Crippen LogP contribution in [0.2, 0.25) is 5.02 Å². The molecular formula is C16H15Cl2NO. The molecule has 0 unspecified atom stereocenters. The summed E-state index contributed by atoms with van der Waals surface area (Å²) < 4.78 is 0. The molecule has 104 valence electrons. The van der Waals surface area contributed by atoms with Crippen LogP contribution < -0.4 is 4.90 Å². The number of para-hydroxylation sites is 1. The topological polar surface area (TPSA) is 20.3 Å². The molecule has 2 aromatic rings. The molecule has 1 amide bonds. The number of anilines is 1. The highest BCUT2D eigenvalue weighted by Crippen LogP contribution is 2.27. The van der Waals surface area contributed by atoms with E-state index in [9.17, 15) is 4.79 Å². The van der Waals surface area contributed by atoms with Gasteiger partial charge >= 0.3 is 0 Å². The molecule has 2 aromatic carbocycles. The molecule has 4 heteroatoms. The van der Waals surface area contributed by atoms with Gasteiger partial charge in [0.15, 0.2) is 0 Å². The van der Waals surface area contributed by atoms with Gasteiger partial charge in [-0.25, -0.2) is 0 Å². The number of benzene rings is 2. The van der Waals surface area contributed by atoms with Crippen LogP contribution in [0.15, 0.2) is 48.5 Å². The predicted octanol–water partition coefficient (Wildman–Crippen LogP) is 4.42. The fourth-order valence-corrected chi connectivity index (χ4v) is 2.31. The fraction of sp³-hybridized carbons (Fsp3) is 0.188. The summed E-state index contributed by atoms with van der Waals surface area (Å²) in [5, 5.41) is 0.540. The second-order valence-electron chi connectivity index (χ2n) is 4.55. The number of aryl methyl sites for hydroxylation is 1. The molecule has 2 rings (SSSR count). The van der Waals surface area contributed by atoms with Crippen LogP contribution in [0.25, 0.3) is 0 Å². The van der Waals surface area contributed by atoms with Crippen molar-refractivity contribution in [3.05, 3.63) is 64.7 Å². The number of carbonyl (C=O) groups excluding carboxylic acids is 1. The van der Waals surface area contributed by atoms with Crippen molar-refractivity contribution in [3.63, 3.8) is 0 Å². The van der Waals surface area contributed by atoms with Crippen molar-refractivity contribution in [1.29, 1.82) is 0 Å². The van der Waals surface area contributed by atoms with Crippen LogP contribution in [0.5, 0.6) is 0 Å². The first kappa shape index (κ1) is 14.9. The molecule has 0 atom stereocenters. The SMILES string of the molecule is Cc1ccc(CN(C(=O)CCl)c2ccccc2Cl)cc1. The van der Waals surface area contributed by atoms with Crippen LogP contribution in [-0.4, -0.2) is 11.8 Å². The molecule has 0 aliphatic carbocycles. The van der Waals surface area contributed by atoms with Gasteiger partial charge in [-0.05, 0) is 24.6 Å². The third kappa shape index (κ3) is 3.53. The quantitative estimate of drug-likeness (QED) is 0.766. The van der Waals surface area contributed by atoms with Crippen LogP contribution in [0.3, 0.4) is 0 Å². The van der Waals surface area contributed by atoms with Crippen LogP contribution in [0.1, 0.15) is 11.1 Å². The van der Waals surface area contributed by atoms with Gasteiger partial charge in [-0.15, -0.1) is 11.6 Å². The average Bonchev–Trinajstić information content (AvgIpc) is 2.47. The smallest absolute Gasteiger partial charge is 0.242 e. The minimum Gasteiger partial charge on any atom is -0.305 e. The van der Waals surface area contributed by atoms with E-state index >= 15 is 0 Å². The number of hydrogen-bond donors (Lipinski definition) is 0. The average molecular weight is 308 g/mol. The van der Waals surface area contributed by atoms with Crippen LogP contribution in [-0.2, 0) is 11.3 Å². The van der Waals surface area contributed by atoms with Crippen molar-refractivity contribution in [2.45, 2.75) is 13.5 Å². The highest BCUT2D eigenvalue weighted by Gasteiger charge is 2.17. The minimum atomic E-state index is -0.166. The van der Waals surface area contributed by atoms with E-state index in [0.29, 0.717) is 17.3 Å². The largest absolute Gasteiger partial charge is 0.305 e. The van der Waals surface area contributed by atoms with Crippen molar-refractivity contribution < 1.29 is 4.79 Å². The molecular weight excluding hydrogens is 293 g/mol. The summed E-state index contributed by atoms with van der Waals surface area (Å²) in [4.78, 5) is 13.7. The predicted molar refractivity (Wildman–Crippen MR) is 84.5 cm³/mol. The van der Waals surface area contributed by atoms with Gasteiger partial charge in [0.05, 0.1) is 17.3 Å². The summed E-state index contributed by atoms with van der Waals surface area (Å²) >= 11 is 11.9. The van der Waals surface area contributed by atoms with Crippen molar-refractivity contribution in [2.24, 2.45) is 0 Å². The molecule has 20 heavy (non-hydrogen) atoms. The van der Waals surface area contributed by atoms with E-state index in [1.807, 2.05) is 49.4 Å². The first-order valence-electron chi connectivity index (χ1n) is 6.28. The summed E-state index contributed by atoms with van der Waals surface area (Å²) in [6, 6.07) is 15.3. The zero-order valence-electron chi connectivity index (χ0n) is 11.1. The maximum atomic E-state index is 12.1. The maximum Gasteiger partial charge on any atom is 0.242 e. The van der Waals surface area contributed by atoms with E-state index in [1.165, 1.54) is 5.56 Å². The van der Waals surface area contributed by atoms with Gasteiger partial charge in [-0.1, -0.05) is 53.6 Å². The lowest BCUT2D eigenvalue weighted by Crippen LogP contribution is -2.31. The Kier molecular flexibility index (Phi) is 5.05. The molecule has 0 radical (unpaired) electrons. The summed E-state index contributed by atoms with van der Waals surface area (Å²) in [5.74, 6) is -0.239. The Morgan fingerprint density at radius 2 is 1.75 bits per heavy atom. The molecule has 0 N–H and O–H groups in total. The van der Waals surface area contributed by atoms with Gasteiger partial charge in [-0.2, -0.15) is 0 Å². The van der Waals surface area contributed by atoms with E-state index in [4.69, 9.17) is 23.2 Å². The first-order valence-corrected chi connectivity index (χ1v) is 7.19. The summed E-state index contributed by atoms with van der Waals surface area (Å²) in [6.45, 7) is 2.48. The lowest BCUT2D eigenvalue weighted by atomic mass is 10.1. The molecule has 0 aromatic heterocycles. The van der Waals surface area contributed by atoms with E-state index in [-0.39, 0.29) is 11.8 Å². The van der Waals surface area contributed by atoms with Gasteiger partial charge in [0, 0.05) is 0 Å². The van der Waals surface area contributed by atoms with Crippen molar-refractivity contribution in [2.75, 3.05) is 10.8 Å². The van der Waals surface area contributed by atoms with Crippen molar-refractivity contribution in [1.82, 2.24) is 0 Å². The maximum absolute atomic E-state index is 12.1. The van der Waals surface area contributed by atoms with E-state index < -0.39 is 0 Å². The molecule has 0 aliphatic heterocycles. The third-order valence-corrected chi connectivity index (χ3v) is 3.57. The fourth-order valence-electron chi connectivity index (χ4n) is 1.93. The minimum absolute atomic E-state index is 0.0723. The van der Waals surface area contributed by atoms with Gasteiger partial charge in [0.2, 0.25) is 5.91 Å². The number of rotatable bonds is 4. The number of hydrogen-bond acceptors (Lipinski definition) is 1. The highest BCUT2D eigenvalue weighted by molar-refractivity contribution is 6.35.